The van der Waals surface area contributed by atoms with E-state index in [1.807, 2.05) is 18.2 Å². The van der Waals surface area contributed by atoms with E-state index in [4.69, 9.17) is 10.3 Å². The van der Waals surface area contributed by atoms with E-state index in [-0.39, 0.29) is 22.2 Å². The van der Waals surface area contributed by atoms with Crippen molar-refractivity contribution in [3.8, 4) is 11.3 Å². The minimum atomic E-state index is -3.95. The number of hydrogen-bond donors (Lipinski definition) is 1. The lowest BCUT2D eigenvalue weighted by Crippen LogP contribution is -2.17. The zero-order chi connectivity index (χ0) is 15.9. The molecule has 0 saturated heterocycles. The third-order valence-electron chi connectivity index (χ3n) is 3.22. The largest absolute Gasteiger partial charge is 0.382 e. The van der Waals surface area contributed by atoms with Crippen molar-refractivity contribution in [3.05, 3.63) is 47.9 Å². The van der Waals surface area contributed by atoms with Crippen LogP contribution in [0.1, 0.15) is 11.5 Å². The Morgan fingerprint density at radius 2 is 1.86 bits per heavy atom. The minimum Gasteiger partial charge on any atom is -0.382 e. The van der Waals surface area contributed by atoms with Gasteiger partial charge in [0.15, 0.2) is 10.7 Å². The van der Waals surface area contributed by atoms with E-state index in [1.54, 1.807) is 26.0 Å². The van der Waals surface area contributed by atoms with Crippen molar-refractivity contribution in [2.24, 2.45) is 0 Å². The third-order valence-corrected chi connectivity index (χ3v) is 5.05. The van der Waals surface area contributed by atoms with Gasteiger partial charge >= 0.3 is 0 Å². The van der Waals surface area contributed by atoms with Gasteiger partial charge in [0.25, 0.3) is 10.0 Å². The average Bonchev–Trinajstić information content (AvgIpc) is 3.03. The molecule has 114 valence electrons. The Bertz CT molecular complexity index is 907. The lowest BCUT2D eigenvalue weighted by molar-refractivity contribution is 0.390. The maximum absolute atomic E-state index is 12.9. The number of anilines is 1. The van der Waals surface area contributed by atoms with Crippen molar-refractivity contribution in [3.63, 3.8) is 0 Å². The van der Waals surface area contributed by atoms with Gasteiger partial charge in [0.1, 0.15) is 11.5 Å². The van der Waals surface area contributed by atoms with Gasteiger partial charge < -0.3 is 10.3 Å². The summed E-state index contributed by atoms with van der Waals surface area (Å²) in [4.78, 5) is 0.00720. The summed E-state index contributed by atoms with van der Waals surface area (Å²) >= 11 is 0. The molecule has 2 aromatic heterocycles. The summed E-state index contributed by atoms with van der Waals surface area (Å²) in [7, 11) is -3.95. The molecule has 1 aromatic carbocycles. The van der Waals surface area contributed by atoms with Gasteiger partial charge in [-0.05, 0) is 13.8 Å². The van der Waals surface area contributed by atoms with Crippen LogP contribution in [-0.4, -0.2) is 22.8 Å². The van der Waals surface area contributed by atoms with Crippen LogP contribution in [0.5, 0.6) is 0 Å². The molecule has 0 aliphatic rings. The monoisotopic (exact) mass is 318 g/mol. The fraction of sp³-hybridized carbons (Fsp3) is 0.143. The number of rotatable bonds is 3. The minimum absolute atomic E-state index is 0.00720. The molecule has 0 bridgehead atoms. The Morgan fingerprint density at radius 1 is 1.18 bits per heavy atom. The highest BCUT2D eigenvalue weighted by molar-refractivity contribution is 7.90. The molecule has 0 atom stereocenters. The molecule has 0 saturated carbocycles. The molecule has 0 radical (unpaired) electrons. The van der Waals surface area contributed by atoms with Crippen molar-refractivity contribution >= 4 is 15.8 Å². The van der Waals surface area contributed by atoms with E-state index in [2.05, 4.69) is 10.3 Å². The molecule has 3 aromatic rings. The molecule has 3 rings (SSSR count). The van der Waals surface area contributed by atoms with Gasteiger partial charge in [-0.15, -0.1) is 5.10 Å². The van der Waals surface area contributed by atoms with Gasteiger partial charge in [-0.1, -0.05) is 35.5 Å². The predicted molar refractivity (Wildman–Crippen MR) is 80.6 cm³/mol. The molecular formula is C14H14N4O3S. The van der Waals surface area contributed by atoms with Crippen molar-refractivity contribution in [2.45, 2.75) is 18.7 Å². The van der Waals surface area contributed by atoms with Gasteiger partial charge in [0.2, 0.25) is 0 Å². The Hall–Kier alpha value is -2.61. The first-order chi connectivity index (χ1) is 10.4. The number of aromatic nitrogens is 3. The van der Waals surface area contributed by atoms with Gasteiger partial charge in [-0.25, -0.2) is 0 Å². The zero-order valence-electron chi connectivity index (χ0n) is 12.0. The molecule has 0 aliphatic heterocycles. The summed E-state index contributed by atoms with van der Waals surface area (Å²) in [5.74, 6) is 0.333. The molecule has 0 fully saturated rings. The zero-order valence-corrected chi connectivity index (χ0v) is 12.8. The summed E-state index contributed by atoms with van der Waals surface area (Å²) in [6, 6.07) is 10.6. The summed E-state index contributed by atoms with van der Waals surface area (Å²) in [5, 5.41) is 7.62. The molecule has 0 spiro atoms. The Balaban J connectivity index is 2.26. The SMILES string of the molecule is Cc1noc(C)c1S(=O)(=O)n1nc(N)cc1-c1ccccc1. The van der Waals surface area contributed by atoms with Gasteiger partial charge in [-0.2, -0.15) is 12.5 Å². The van der Waals surface area contributed by atoms with Crippen LogP contribution in [0.25, 0.3) is 11.3 Å². The number of nitrogens with zero attached hydrogens (tertiary/aromatic N) is 3. The first-order valence-corrected chi connectivity index (χ1v) is 7.94. The van der Waals surface area contributed by atoms with E-state index >= 15 is 0 Å². The highest BCUT2D eigenvalue weighted by Crippen LogP contribution is 2.28. The standard InChI is InChI=1S/C14H14N4O3S/c1-9-14(10(2)21-17-9)22(19,20)18-12(8-13(15)16-18)11-6-4-3-5-7-11/h3-8H,1-2H3,(H2,15,16). The lowest BCUT2D eigenvalue weighted by Gasteiger charge is -2.08. The number of benzene rings is 1. The number of nitrogens with two attached hydrogens (primary N) is 1. The van der Waals surface area contributed by atoms with Crippen LogP contribution in [-0.2, 0) is 10.0 Å². The van der Waals surface area contributed by atoms with Gasteiger partial charge in [-0.3, -0.25) is 0 Å². The molecular weight excluding hydrogens is 304 g/mol. The van der Waals surface area contributed by atoms with E-state index in [0.29, 0.717) is 11.3 Å². The van der Waals surface area contributed by atoms with Crippen LogP contribution in [0.3, 0.4) is 0 Å². The second-order valence-electron chi connectivity index (χ2n) is 4.82. The maximum Gasteiger partial charge on any atom is 0.288 e. The molecule has 8 heteroatoms. The number of aryl methyl sites for hydroxylation is 2. The second kappa shape index (κ2) is 4.99. The van der Waals surface area contributed by atoms with Gasteiger partial charge in [0, 0.05) is 11.6 Å². The Morgan fingerprint density at radius 3 is 2.45 bits per heavy atom. The van der Waals surface area contributed by atoms with Gasteiger partial charge in [0.05, 0.1) is 5.69 Å². The van der Waals surface area contributed by atoms with Crippen LogP contribution < -0.4 is 5.73 Å². The lowest BCUT2D eigenvalue weighted by atomic mass is 10.2. The average molecular weight is 318 g/mol. The molecule has 22 heavy (non-hydrogen) atoms. The molecule has 0 amide bonds. The van der Waals surface area contributed by atoms with Crippen LogP contribution in [0.4, 0.5) is 5.82 Å². The number of hydrogen-bond acceptors (Lipinski definition) is 6. The summed E-state index contributed by atoms with van der Waals surface area (Å²) < 4.78 is 31.7. The highest BCUT2D eigenvalue weighted by atomic mass is 32.2. The molecule has 7 nitrogen and oxygen atoms in total. The third kappa shape index (κ3) is 2.17. The van der Waals surface area contributed by atoms with Crippen molar-refractivity contribution < 1.29 is 12.9 Å². The topological polar surface area (TPSA) is 104 Å². The fourth-order valence-electron chi connectivity index (χ4n) is 2.30. The van der Waals surface area contributed by atoms with Crippen LogP contribution in [0.2, 0.25) is 0 Å². The predicted octanol–water partition coefficient (Wildman–Crippen LogP) is 1.97. The Labute approximate surface area is 127 Å². The molecule has 2 heterocycles. The number of nitrogen functional groups attached to an aromatic ring is 1. The summed E-state index contributed by atoms with van der Waals surface area (Å²) in [5.41, 5.74) is 7.07. The molecule has 0 aliphatic carbocycles. The van der Waals surface area contributed by atoms with E-state index in [1.165, 1.54) is 6.07 Å². The molecule has 2 N–H and O–H groups in total. The van der Waals surface area contributed by atoms with Crippen LogP contribution in [0, 0.1) is 13.8 Å². The first-order valence-electron chi connectivity index (χ1n) is 6.50. The van der Waals surface area contributed by atoms with Crippen LogP contribution in [0.15, 0.2) is 45.8 Å². The maximum atomic E-state index is 12.9. The van der Waals surface area contributed by atoms with Crippen molar-refractivity contribution in [1.29, 1.82) is 0 Å². The smallest absolute Gasteiger partial charge is 0.288 e. The Kier molecular flexibility index (Phi) is 3.25. The quantitative estimate of drug-likeness (QED) is 0.791. The van der Waals surface area contributed by atoms with Crippen LogP contribution >= 0.6 is 0 Å². The summed E-state index contributed by atoms with van der Waals surface area (Å²) in [6.45, 7) is 3.11. The van der Waals surface area contributed by atoms with Crippen molar-refractivity contribution in [1.82, 2.24) is 14.3 Å². The van der Waals surface area contributed by atoms with E-state index < -0.39 is 10.0 Å². The van der Waals surface area contributed by atoms with E-state index in [9.17, 15) is 8.42 Å². The second-order valence-corrected chi connectivity index (χ2v) is 6.53. The normalized spacial score (nSPS) is 11.7. The molecule has 0 unspecified atom stereocenters. The van der Waals surface area contributed by atoms with Crippen molar-refractivity contribution in [2.75, 3.05) is 5.73 Å². The highest BCUT2D eigenvalue weighted by Gasteiger charge is 2.29. The fourth-order valence-corrected chi connectivity index (χ4v) is 3.90. The first kappa shape index (κ1) is 14.3. The summed E-state index contributed by atoms with van der Waals surface area (Å²) in [6.07, 6.45) is 0. The van der Waals surface area contributed by atoms with E-state index in [0.717, 1.165) is 4.09 Å².